The summed E-state index contributed by atoms with van der Waals surface area (Å²) < 4.78 is 0. The van der Waals surface area contributed by atoms with Gasteiger partial charge in [0, 0.05) is 6.42 Å². The van der Waals surface area contributed by atoms with Crippen molar-refractivity contribution in [2.45, 2.75) is 13.3 Å². The van der Waals surface area contributed by atoms with Gasteiger partial charge >= 0.3 is 5.97 Å². The van der Waals surface area contributed by atoms with E-state index in [1.54, 1.807) is 6.92 Å². The number of rotatable bonds is 4. The van der Waals surface area contributed by atoms with Crippen LogP contribution in [0.3, 0.4) is 0 Å². The van der Waals surface area contributed by atoms with E-state index in [2.05, 4.69) is 9.99 Å². The van der Waals surface area contributed by atoms with Gasteiger partial charge in [-0.3, -0.25) is 4.79 Å². The van der Waals surface area contributed by atoms with Crippen molar-refractivity contribution in [1.29, 1.82) is 0 Å². The van der Waals surface area contributed by atoms with E-state index in [4.69, 9.17) is 5.11 Å². The lowest BCUT2D eigenvalue weighted by Crippen LogP contribution is -2.23. The third-order valence-electron chi connectivity index (χ3n) is 0.970. The summed E-state index contributed by atoms with van der Waals surface area (Å²) in [6.07, 6.45) is 0.106. The van der Waals surface area contributed by atoms with Gasteiger partial charge in [0.25, 0.3) is 0 Å². The Morgan fingerprint density at radius 3 is 2.36 bits per heavy atom. The second kappa shape index (κ2) is 4.43. The molecule has 0 rings (SSSR count). The minimum Gasteiger partial charge on any atom is -0.476 e. The zero-order valence-corrected chi connectivity index (χ0v) is 6.33. The number of carboxylic acids is 1. The number of Topliss-reactive ketones (excluding diaryl/α,β-unsaturated/α-hetero) is 1. The smallest absolute Gasteiger partial charge is 0.361 e. The molecule has 0 saturated heterocycles. The molecule has 0 aliphatic heterocycles. The van der Waals surface area contributed by atoms with E-state index in [9.17, 15) is 9.59 Å². The van der Waals surface area contributed by atoms with Gasteiger partial charge in [0.15, 0.2) is 5.78 Å². The number of hydrogen-bond donors (Lipinski definition) is 1. The molecular weight excluding hydrogens is 150 g/mol. The predicted molar refractivity (Wildman–Crippen MR) is 37.4 cm³/mol. The van der Waals surface area contributed by atoms with Crippen LogP contribution in [0.5, 0.6) is 0 Å². The number of oxime groups is 1. The monoisotopic (exact) mass is 159 g/mol. The normalized spacial score (nSPS) is 10.9. The van der Waals surface area contributed by atoms with Crippen LogP contribution in [-0.2, 0) is 14.4 Å². The van der Waals surface area contributed by atoms with Gasteiger partial charge in [0.05, 0.1) is 0 Å². The highest BCUT2D eigenvalue weighted by molar-refractivity contribution is 6.63. The van der Waals surface area contributed by atoms with Gasteiger partial charge in [-0.15, -0.1) is 0 Å². The zero-order valence-electron chi connectivity index (χ0n) is 6.33. The fourth-order valence-electron chi connectivity index (χ4n) is 0.468. The molecule has 11 heavy (non-hydrogen) atoms. The summed E-state index contributed by atoms with van der Waals surface area (Å²) in [6.45, 7) is 1.55. The Bertz CT molecular complexity index is 197. The van der Waals surface area contributed by atoms with Crippen molar-refractivity contribution in [2.75, 3.05) is 7.11 Å². The number of ketones is 1. The quantitative estimate of drug-likeness (QED) is 0.357. The van der Waals surface area contributed by atoms with Gasteiger partial charge < -0.3 is 9.94 Å². The SMILES string of the molecule is CCC(=O)/C(=N/OC)C(=O)O. The molecule has 1 N–H and O–H groups in total. The summed E-state index contributed by atoms with van der Waals surface area (Å²) in [7, 11) is 1.19. The van der Waals surface area contributed by atoms with E-state index < -0.39 is 17.5 Å². The minimum atomic E-state index is -1.36. The molecular formula is C6H9NO4. The minimum absolute atomic E-state index is 0.106. The molecule has 0 bridgehead atoms. The average molecular weight is 159 g/mol. The fourth-order valence-corrected chi connectivity index (χ4v) is 0.468. The van der Waals surface area contributed by atoms with Crippen LogP contribution >= 0.6 is 0 Å². The number of carbonyl (C=O) groups is 2. The molecule has 0 aromatic rings. The molecule has 0 aromatic heterocycles. The summed E-state index contributed by atoms with van der Waals surface area (Å²) >= 11 is 0. The van der Waals surface area contributed by atoms with Crippen LogP contribution in [0.15, 0.2) is 5.16 Å². The van der Waals surface area contributed by atoms with Crippen LogP contribution < -0.4 is 0 Å². The third-order valence-corrected chi connectivity index (χ3v) is 0.970. The Hall–Kier alpha value is -1.39. The highest BCUT2D eigenvalue weighted by atomic mass is 16.6. The maximum absolute atomic E-state index is 10.8. The lowest BCUT2D eigenvalue weighted by atomic mass is 10.2. The van der Waals surface area contributed by atoms with Crippen molar-refractivity contribution in [3.05, 3.63) is 0 Å². The number of carbonyl (C=O) groups excluding carboxylic acids is 1. The predicted octanol–water partition coefficient (Wildman–Crippen LogP) is 0.0525. The number of carboxylic acid groups (broad SMARTS) is 1. The van der Waals surface area contributed by atoms with Crippen LogP contribution in [-0.4, -0.2) is 29.7 Å². The van der Waals surface area contributed by atoms with Gasteiger partial charge in [0.1, 0.15) is 7.11 Å². The van der Waals surface area contributed by atoms with Crippen LogP contribution in [0.2, 0.25) is 0 Å². The number of nitrogens with zero attached hydrogens (tertiary/aromatic N) is 1. The van der Waals surface area contributed by atoms with Gasteiger partial charge in [0.2, 0.25) is 5.71 Å². The molecule has 0 amide bonds. The maximum atomic E-state index is 10.8. The molecule has 5 heteroatoms. The second-order valence-electron chi connectivity index (χ2n) is 1.70. The summed E-state index contributed by atoms with van der Waals surface area (Å²) in [5.41, 5.74) is -0.560. The Kier molecular flexibility index (Phi) is 3.87. The topological polar surface area (TPSA) is 76.0 Å². The molecule has 0 atom stereocenters. The summed E-state index contributed by atoms with van der Waals surface area (Å²) in [5, 5.41) is 11.4. The highest BCUT2D eigenvalue weighted by Crippen LogP contribution is 1.88. The van der Waals surface area contributed by atoms with Gasteiger partial charge in [-0.2, -0.15) is 0 Å². The Balaban J connectivity index is 4.48. The first-order valence-electron chi connectivity index (χ1n) is 3.01. The van der Waals surface area contributed by atoms with Crippen LogP contribution in [0.1, 0.15) is 13.3 Å². The van der Waals surface area contributed by atoms with Crippen LogP contribution in [0.25, 0.3) is 0 Å². The van der Waals surface area contributed by atoms with E-state index >= 15 is 0 Å². The molecule has 0 aliphatic carbocycles. The first kappa shape index (κ1) is 9.61. The molecule has 0 aromatic carbocycles. The van der Waals surface area contributed by atoms with Crippen molar-refractivity contribution < 1.29 is 19.5 Å². The van der Waals surface area contributed by atoms with Crippen LogP contribution in [0.4, 0.5) is 0 Å². The molecule has 62 valence electrons. The van der Waals surface area contributed by atoms with Gasteiger partial charge in [-0.1, -0.05) is 12.1 Å². The largest absolute Gasteiger partial charge is 0.476 e. The van der Waals surface area contributed by atoms with E-state index in [0.717, 1.165) is 0 Å². The first-order chi connectivity index (χ1) is 5.13. The number of aliphatic carboxylic acids is 1. The molecule has 5 nitrogen and oxygen atoms in total. The van der Waals surface area contributed by atoms with Crippen LogP contribution in [0, 0.1) is 0 Å². The Morgan fingerprint density at radius 2 is 2.09 bits per heavy atom. The Labute approximate surface area is 63.6 Å². The van der Waals surface area contributed by atoms with Gasteiger partial charge in [-0.25, -0.2) is 4.79 Å². The molecule has 0 unspecified atom stereocenters. The highest BCUT2D eigenvalue weighted by Gasteiger charge is 2.17. The fraction of sp³-hybridized carbons (Fsp3) is 0.500. The van der Waals surface area contributed by atoms with E-state index in [0.29, 0.717) is 0 Å². The standard InChI is InChI=1S/C6H9NO4/c1-3-4(8)5(6(9)10)7-11-2/h3H2,1-2H3,(H,9,10)/b7-5-. The zero-order chi connectivity index (χ0) is 8.85. The lowest BCUT2D eigenvalue weighted by molar-refractivity contribution is -0.130. The molecule has 0 radical (unpaired) electrons. The molecule has 0 fully saturated rings. The summed E-state index contributed by atoms with van der Waals surface area (Å²) in [4.78, 5) is 25.2. The van der Waals surface area contributed by atoms with Gasteiger partial charge in [-0.05, 0) is 0 Å². The van der Waals surface area contributed by atoms with E-state index in [1.165, 1.54) is 7.11 Å². The summed E-state index contributed by atoms with van der Waals surface area (Å²) in [6, 6.07) is 0. The average Bonchev–Trinajstić information content (AvgIpc) is 1.98. The van der Waals surface area contributed by atoms with E-state index in [1.807, 2.05) is 0 Å². The molecule has 0 spiro atoms. The van der Waals surface area contributed by atoms with Crippen molar-refractivity contribution in [3.63, 3.8) is 0 Å². The summed E-state index contributed by atoms with van der Waals surface area (Å²) in [5.74, 6) is -1.90. The number of hydrogen-bond acceptors (Lipinski definition) is 4. The first-order valence-corrected chi connectivity index (χ1v) is 3.01. The van der Waals surface area contributed by atoms with Crippen molar-refractivity contribution >= 4 is 17.5 Å². The third kappa shape index (κ3) is 2.79. The molecule has 0 heterocycles. The van der Waals surface area contributed by atoms with Crippen molar-refractivity contribution in [1.82, 2.24) is 0 Å². The maximum Gasteiger partial charge on any atom is 0.361 e. The second-order valence-corrected chi connectivity index (χ2v) is 1.70. The lowest BCUT2D eigenvalue weighted by Gasteiger charge is -1.94. The van der Waals surface area contributed by atoms with Crippen molar-refractivity contribution in [2.24, 2.45) is 5.16 Å². The molecule has 0 aliphatic rings. The van der Waals surface area contributed by atoms with Crippen molar-refractivity contribution in [3.8, 4) is 0 Å². The molecule has 0 saturated carbocycles. The van der Waals surface area contributed by atoms with E-state index in [-0.39, 0.29) is 6.42 Å². The Morgan fingerprint density at radius 1 is 1.55 bits per heavy atom.